The van der Waals surface area contributed by atoms with E-state index < -0.39 is 6.10 Å². The van der Waals surface area contributed by atoms with Gasteiger partial charge in [0.05, 0.1) is 13.2 Å². The van der Waals surface area contributed by atoms with Gasteiger partial charge in [-0.3, -0.25) is 4.79 Å². The van der Waals surface area contributed by atoms with E-state index in [0.717, 1.165) is 17.7 Å². The minimum Gasteiger partial charge on any atom is -0.493 e. The molecule has 0 bridgehead atoms. The molecular formula is C23H31NO4. The van der Waals surface area contributed by atoms with Crippen LogP contribution in [0.2, 0.25) is 0 Å². The molecule has 0 spiro atoms. The van der Waals surface area contributed by atoms with Crippen molar-refractivity contribution in [1.29, 1.82) is 0 Å². The molecule has 2 aromatic rings. The van der Waals surface area contributed by atoms with Crippen LogP contribution in [0, 0.1) is 0 Å². The van der Waals surface area contributed by atoms with Crippen molar-refractivity contribution in [2.24, 2.45) is 0 Å². The lowest BCUT2D eigenvalue weighted by molar-refractivity contribution is -0.131. The molecule has 0 aromatic heterocycles. The predicted molar refractivity (Wildman–Crippen MR) is 111 cm³/mol. The summed E-state index contributed by atoms with van der Waals surface area (Å²) in [6.45, 7) is 4.50. The smallest absolute Gasteiger partial charge is 0.249 e. The van der Waals surface area contributed by atoms with Crippen molar-refractivity contribution >= 4 is 5.91 Å². The molecule has 0 aliphatic heterocycles. The fraction of sp³-hybridized carbons (Fsp3) is 0.435. The summed E-state index contributed by atoms with van der Waals surface area (Å²) < 4.78 is 16.5. The second-order valence-electron chi connectivity index (χ2n) is 6.94. The molecule has 0 unspecified atom stereocenters. The molecule has 1 N–H and O–H groups in total. The minimum atomic E-state index is -0.448. The van der Waals surface area contributed by atoms with Gasteiger partial charge in [-0.2, -0.15) is 0 Å². The number of carbonyl (C=O) groups excluding carboxylic acids is 1. The van der Waals surface area contributed by atoms with E-state index in [4.69, 9.17) is 14.2 Å². The Morgan fingerprint density at radius 2 is 1.71 bits per heavy atom. The molecule has 0 radical (unpaired) electrons. The van der Waals surface area contributed by atoms with Crippen LogP contribution in [0.3, 0.4) is 0 Å². The van der Waals surface area contributed by atoms with E-state index in [2.05, 4.69) is 17.4 Å². The fourth-order valence-corrected chi connectivity index (χ4v) is 2.96. The van der Waals surface area contributed by atoms with Crippen molar-refractivity contribution in [3.8, 4) is 11.5 Å². The molecular weight excluding hydrogens is 354 g/mol. The van der Waals surface area contributed by atoms with E-state index in [9.17, 15) is 4.79 Å². The van der Waals surface area contributed by atoms with E-state index in [-0.39, 0.29) is 12.0 Å². The summed E-state index contributed by atoms with van der Waals surface area (Å²) >= 11 is 0. The molecule has 152 valence electrons. The topological polar surface area (TPSA) is 56.8 Å². The summed E-state index contributed by atoms with van der Waals surface area (Å²) in [5, 5.41) is 2.97. The Labute approximate surface area is 168 Å². The largest absolute Gasteiger partial charge is 0.493 e. The van der Waals surface area contributed by atoms with Gasteiger partial charge in [-0.25, -0.2) is 0 Å². The van der Waals surface area contributed by atoms with Gasteiger partial charge in [0.1, 0.15) is 6.10 Å². The maximum Gasteiger partial charge on any atom is 0.249 e. The van der Waals surface area contributed by atoms with Crippen LogP contribution in [0.1, 0.15) is 31.4 Å². The molecule has 0 aliphatic rings. The van der Waals surface area contributed by atoms with Gasteiger partial charge in [-0.15, -0.1) is 0 Å². The summed E-state index contributed by atoms with van der Waals surface area (Å²) in [6, 6.07) is 16.0. The second-order valence-corrected chi connectivity index (χ2v) is 6.94. The number of ether oxygens (including phenoxy) is 3. The van der Waals surface area contributed by atoms with Gasteiger partial charge in [0.15, 0.2) is 11.5 Å². The molecule has 0 aliphatic carbocycles. The Morgan fingerprint density at radius 1 is 0.964 bits per heavy atom. The minimum absolute atomic E-state index is 0.0786. The standard InChI is InChI=1S/C23H31NO4/c1-17(2)28-20-12-11-19(16-22(20)27-4)14-15-24-23(25)21(26-3)13-10-18-8-6-5-7-9-18/h5-9,11-12,16-17,21H,10,13-15H2,1-4H3,(H,24,25)/t21-/m1/s1. The van der Waals surface area contributed by atoms with Crippen LogP contribution in [0.15, 0.2) is 48.5 Å². The third kappa shape index (κ3) is 6.89. The number of aryl methyl sites for hydroxylation is 1. The first-order chi connectivity index (χ1) is 13.5. The molecule has 2 rings (SSSR count). The summed E-state index contributed by atoms with van der Waals surface area (Å²) in [7, 11) is 3.21. The van der Waals surface area contributed by atoms with Crippen molar-refractivity contribution in [2.45, 2.75) is 45.3 Å². The third-order valence-corrected chi connectivity index (χ3v) is 4.42. The predicted octanol–water partition coefficient (Wildman–Crippen LogP) is 3.79. The van der Waals surface area contributed by atoms with Crippen molar-refractivity contribution < 1.29 is 19.0 Å². The van der Waals surface area contributed by atoms with Crippen molar-refractivity contribution in [3.05, 3.63) is 59.7 Å². The highest BCUT2D eigenvalue weighted by Gasteiger charge is 2.17. The molecule has 0 heterocycles. The van der Waals surface area contributed by atoms with Gasteiger partial charge in [0.2, 0.25) is 5.91 Å². The van der Waals surface area contributed by atoms with Gasteiger partial charge in [-0.1, -0.05) is 36.4 Å². The number of nitrogens with one attached hydrogen (secondary N) is 1. The first-order valence-electron chi connectivity index (χ1n) is 9.71. The summed E-state index contributed by atoms with van der Waals surface area (Å²) in [5.74, 6) is 1.35. The Kier molecular flexibility index (Phi) is 8.82. The average Bonchev–Trinajstić information content (AvgIpc) is 2.70. The SMILES string of the molecule is COc1cc(CCNC(=O)[C@@H](CCc2ccccc2)OC)ccc1OC(C)C. The van der Waals surface area contributed by atoms with E-state index in [1.54, 1.807) is 14.2 Å². The van der Waals surface area contributed by atoms with Gasteiger partial charge < -0.3 is 19.5 Å². The summed E-state index contributed by atoms with van der Waals surface area (Å²) in [5.41, 5.74) is 2.28. The Hall–Kier alpha value is -2.53. The Morgan fingerprint density at radius 3 is 2.36 bits per heavy atom. The molecule has 0 fully saturated rings. The fourth-order valence-electron chi connectivity index (χ4n) is 2.96. The first-order valence-corrected chi connectivity index (χ1v) is 9.71. The maximum atomic E-state index is 12.4. The zero-order valence-electron chi connectivity index (χ0n) is 17.2. The number of hydrogen-bond acceptors (Lipinski definition) is 4. The van der Waals surface area contributed by atoms with Crippen LogP contribution in [-0.2, 0) is 22.4 Å². The van der Waals surface area contributed by atoms with Crippen LogP contribution < -0.4 is 14.8 Å². The first kappa shape index (κ1) is 21.8. The lowest BCUT2D eigenvalue weighted by atomic mass is 10.1. The van der Waals surface area contributed by atoms with E-state index >= 15 is 0 Å². The quantitative estimate of drug-likeness (QED) is 0.639. The highest BCUT2D eigenvalue weighted by Crippen LogP contribution is 2.29. The Bertz CT molecular complexity index is 731. The normalized spacial score (nSPS) is 11.9. The monoisotopic (exact) mass is 385 g/mol. The van der Waals surface area contributed by atoms with Gasteiger partial charge in [0.25, 0.3) is 0 Å². The number of hydrogen-bond donors (Lipinski definition) is 1. The van der Waals surface area contributed by atoms with Crippen LogP contribution in [-0.4, -0.2) is 38.9 Å². The summed E-state index contributed by atoms with van der Waals surface area (Å²) in [4.78, 5) is 12.4. The summed E-state index contributed by atoms with van der Waals surface area (Å²) in [6.07, 6.45) is 1.81. The van der Waals surface area contributed by atoms with E-state index in [1.807, 2.05) is 50.2 Å². The second kappa shape index (κ2) is 11.3. The van der Waals surface area contributed by atoms with Crippen molar-refractivity contribution in [3.63, 3.8) is 0 Å². The number of carbonyl (C=O) groups is 1. The number of methoxy groups -OCH3 is 2. The van der Waals surface area contributed by atoms with Crippen LogP contribution >= 0.6 is 0 Å². The molecule has 5 heteroatoms. The van der Waals surface area contributed by atoms with Crippen molar-refractivity contribution in [2.75, 3.05) is 20.8 Å². The van der Waals surface area contributed by atoms with Crippen LogP contribution in [0.4, 0.5) is 0 Å². The number of amides is 1. The zero-order chi connectivity index (χ0) is 20.4. The molecule has 0 saturated heterocycles. The third-order valence-electron chi connectivity index (χ3n) is 4.42. The van der Waals surface area contributed by atoms with Gasteiger partial charge >= 0.3 is 0 Å². The highest BCUT2D eigenvalue weighted by molar-refractivity contribution is 5.80. The number of rotatable bonds is 11. The lowest BCUT2D eigenvalue weighted by Crippen LogP contribution is -2.37. The molecule has 1 amide bonds. The van der Waals surface area contributed by atoms with Gasteiger partial charge in [-0.05, 0) is 56.4 Å². The number of benzene rings is 2. The Balaban J connectivity index is 1.83. The average molecular weight is 386 g/mol. The van der Waals surface area contributed by atoms with Crippen LogP contribution in [0.5, 0.6) is 11.5 Å². The lowest BCUT2D eigenvalue weighted by Gasteiger charge is -2.16. The molecule has 5 nitrogen and oxygen atoms in total. The molecule has 0 saturated carbocycles. The molecule has 1 atom stereocenters. The molecule has 2 aromatic carbocycles. The highest BCUT2D eigenvalue weighted by atomic mass is 16.5. The van der Waals surface area contributed by atoms with Crippen molar-refractivity contribution in [1.82, 2.24) is 5.32 Å². The van der Waals surface area contributed by atoms with Crippen LogP contribution in [0.25, 0.3) is 0 Å². The van der Waals surface area contributed by atoms with E-state index in [0.29, 0.717) is 25.1 Å². The zero-order valence-corrected chi connectivity index (χ0v) is 17.2. The van der Waals surface area contributed by atoms with E-state index in [1.165, 1.54) is 5.56 Å². The maximum absolute atomic E-state index is 12.4. The molecule has 28 heavy (non-hydrogen) atoms. The van der Waals surface area contributed by atoms with Gasteiger partial charge in [0, 0.05) is 13.7 Å².